The van der Waals surface area contributed by atoms with Crippen LogP contribution in [-0.2, 0) is 50.1 Å². The van der Waals surface area contributed by atoms with Gasteiger partial charge in [0.05, 0.1) is 17.9 Å². The molecule has 0 N–H and O–H groups in total. The number of hydrogen-bond donors (Lipinski definition) is 0. The van der Waals surface area contributed by atoms with E-state index in [-0.39, 0.29) is 94.7 Å². The van der Waals surface area contributed by atoms with Crippen LogP contribution in [0.5, 0.6) is 0 Å². The minimum atomic E-state index is -0.192. The molecule has 0 aliphatic carbocycles. The quantitative estimate of drug-likeness (QED) is 0.251. The number of allylic oxidation sites excluding steroid dienone is 11. The van der Waals surface area contributed by atoms with Crippen molar-refractivity contribution in [3.05, 3.63) is 129 Å². The minimum absolute atomic E-state index is 0. The number of aliphatic imine (C=N–C) groups is 1. The Morgan fingerprint density at radius 1 is 0.375 bits per heavy atom. The molecule has 14 heteroatoms. The number of aromatic nitrogens is 3. The van der Waals surface area contributed by atoms with Crippen LogP contribution >= 0.6 is 0 Å². The van der Waals surface area contributed by atoms with Gasteiger partial charge in [-0.05, 0) is 123 Å². The Kier molecular flexibility index (Phi) is 38.1. The summed E-state index contributed by atoms with van der Waals surface area (Å²) in [5.41, 5.74) is 20.2. The first kappa shape index (κ1) is 114. The Hall–Kier alpha value is -6.05. The summed E-state index contributed by atoms with van der Waals surface area (Å²) in [4.78, 5) is 82.8. The van der Waals surface area contributed by atoms with E-state index in [0.29, 0.717) is 54.5 Å². The molecule has 0 fully saturated rings. The van der Waals surface area contributed by atoms with E-state index in [1.54, 1.807) is 39.4 Å². The molecule has 14 nitrogen and oxygen atoms in total. The number of nitrogens with zero attached hydrogens (tertiary/aromatic N) is 9. The highest BCUT2D eigenvalue weighted by molar-refractivity contribution is 6.01. The Morgan fingerprint density at radius 2 is 0.750 bits per heavy atom. The highest BCUT2D eigenvalue weighted by Gasteiger charge is 2.43. The molecule has 0 bridgehead atoms. The minimum Gasteiger partial charge on any atom is -0.375 e. The summed E-state index contributed by atoms with van der Waals surface area (Å²) in [6.07, 6.45) is 8.28. The van der Waals surface area contributed by atoms with Gasteiger partial charge >= 0.3 is 0 Å². The molecule has 7 heterocycles. The molecule has 2 aromatic rings. The van der Waals surface area contributed by atoms with Crippen LogP contribution in [0.2, 0.25) is 0 Å². The lowest BCUT2D eigenvalue weighted by Crippen LogP contribution is -2.44. The molecular weight excluding hydrogens is 1480 g/mol. The fourth-order valence-corrected chi connectivity index (χ4v) is 17.4. The number of aryl methyl sites for hydroxylation is 2. The molecule has 0 saturated carbocycles. The third-order valence-electron chi connectivity index (χ3n) is 23.5. The first-order valence-corrected chi connectivity index (χ1v) is 44.9. The van der Waals surface area contributed by atoms with Gasteiger partial charge < -0.3 is 29.1 Å². The first-order chi connectivity index (χ1) is 52.4. The van der Waals surface area contributed by atoms with Crippen molar-refractivity contribution >= 4 is 23.2 Å². The smallest absolute Gasteiger partial charge is 0.257 e. The van der Waals surface area contributed by atoms with Crippen molar-refractivity contribution < 1.29 is 14.4 Å². The summed E-state index contributed by atoms with van der Waals surface area (Å²) in [5.74, 6) is 1.54. The van der Waals surface area contributed by atoms with Crippen LogP contribution in [0.1, 0.15) is 405 Å². The van der Waals surface area contributed by atoms with Crippen LogP contribution in [0.15, 0.2) is 88.8 Å². The van der Waals surface area contributed by atoms with Gasteiger partial charge in [0.1, 0.15) is 5.82 Å². The SMILES string of the molecule is C.CC1=CCC(C(C)(C)C)=C(C(C)(C)C)N1C.CC1=NC(C(C)(C)C)=C(C(C)(C)C)C(=O)N(C)C1.CC1CC(=O)C(C(C)(C)C)=C(C(C)(C)C)N1C.CC1CCC(=O)C(C(C)(C)C)=C(C(C)(C)C)N1C.CC1CCC(C(C)(C)C)=C(C(C)(C)C)N1C.Cc1cc(=O)c(C(C)(C)C)c(C(C)(C)C)n1C.Cc1nc(C(C)(C)C)c(C(C)(C)C)c(=O)n1C. The molecule has 0 aromatic carbocycles. The molecule has 0 saturated heterocycles. The van der Waals surface area contributed by atoms with E-state index >= 15 is 0 Å². The van der Waals surface area contributed by atoms with Gasteiger partial charge in [0.25, 0.3) is 11.5 Å². The molecule has 3 unspecified atom stereocenters. The van der Waals surface area contributed by atoms with Crippen LogP contribution in [0.4, 0.5) is 0 Å². The lowest BCUT2D eigenvalue weighted by molar-refractivity contribution is -0.126. The third-order valence-corrected chi connectivity index (χ3v) is 23.5. The normalized spacial score (nSPS) is 19.1. The lowest BCUT2D eigenvalue weighted by Gasteiger charge is -2.45. The first-order valence-electron chi connectivity index (χ1n) is 44.9. The number of Topliss-reactive ketones (excluding diaryl/α,β-unsaturated/α-hetero) is 2. The second-order valence-corrected chi connectivity index (χ2v) is 50.1. The largest absolute Gasteiger partial charge is 0.375 e. The number of carbonyl (C=O) groups excluding carboxylic acids is 3. The molecule has 1 amide bonds. The maximum absolute atomic E-state index is 12.6. The number of hydrogen-bond acceptors (Lipinski definition) is 11. The summed E-state index contributed by atoms with van der Waals surface area (Å²) < 4.78 is 3.79. The summed E-state index contributed by atoms with van der Waals surface area (Å²) in [5, 5.41) is 0. The van der Waals surface area contributed by atoms with Crippen molar-refractivity contribution in [3.63, 3.8) is 0 Å². The van der Waals surface area contributed by atoms with E-state index in [4.69, 9.17) is 4.99 Å². The van der Waals surface area contributed by atoms with Crippen molar-refractivity contribution in [1.82, 2.24) is 38.6 Å². The summed E-state index contributed by atoms with van der Waals surface area (Å²) >= 11 is 0. The maximum atomic E-state index is 12.6. The highest BCUT2D eigenvalue weighted by Crippen LogP contribution is 2.49. The fraction of sp³-hybridized carbons (Fsp3) is 0.764. The van der Waals surface area contributed by atoms with Gasteiger partial charge in [0.15, 0.2) is 17.0 Å². The molecule has 5 aliphatic heterocycles. The second-order valence-electron chi connectivity index (χ2n) is 50.1. The molecule has 3 atom stereocenters. The predicted molar refractivity (Wildman–Crippen MR) is 524 cm³/mol. The van der Waals surface area contributed by atoms with Crippen molar-refractivity contribution in [1.29, 1.82) is 0 Å². The number of ketones is 2. The van der Waals surface area contributed by atoms with Crippen molar-refractivity contribution in [3.8, 4) is 0 Å². The van der Waals surface area contributed by atoms with Gasteiger partial charge in [-0.25, -0.2) is 4.98 Å². The van der Waals surface area contributed by atoms with E-state index in [2.05, 4.69) is 382 Å². The molecule has 0 spiro atoms. The van der Waals surface area contributed by atoms with Crippen molar-refractivity contribution in [2.24, 2.45) is 73.2 Å². The average molecular weight is 1670 g/mol. The average Bonchev–Trinajstić information content (AvgIpc) is 1.41. The van der Waals surface area contributed by atoms with E-state index in [1.807, 2.05) is 34.9 Å². The van der Waals surface area contributed by atoms with Gasteiger partial charge in [-0.2, -0.15) is 0 Å². The van der Waals surface area contributed by atoms with E-state index < -0.39 is 0 Å². The van der Waals surface area contributed by atoms with Crippen LogP contribution in [-0.4, -0.2) is 122 Å². The summed E-state index contributed by atoms with van der Waals surface area (Å²) in [6, 6.07) is 3.17. The topological polar surface area (TPSA) is 137 Å². The molecule has 5 aliphatic rings. The lowest BCUT2D eigenvalue weighted by atomic mass is 9.73. The number of amides is 1. The van der Waals surface area contributed by atoms with Crippen LogP contribution in [0.25, 0.3) is 0 Å². The molecular formula is C106H191N9O5. The fourth-order valence-electron chi connectivity index (χ4n) is 17.4. The Bertz CT molecular complexity index is 4200. The molecule has 690 valence electrons. The zero-order chi connectivity index (χ0) is 94.8. The van der Waals surface area contributed by atoms with Gasteiger partial charge in [0.2, 0.25) is 0 Å². The number of likely N-dealkylation sites (N-methyl/N-ethyl adjacent to an activating group) is 1. The molecule has 0 radical (unpaired) electrons. The van der Waals surface area contributed by atoms with Gasteiger partial charge in [0, 0.05) is 198 Å². The maximum Gasteiger partial charge on any atom is 0.257 e. The van der Waals surface area contributed by atoms with Gasteiger partial charge in [-0.3, -0.25) is 33.5 Å². The van der Waals surface area contributed by atoms with Crippen molar-refractivity contribution in [2.45, 2.75) is 425 Å². The van der Waals surface area contributed by atoms with Gasteiger partial charge in [-0.15, -0.1) is 0 Å². The Labute approximate surface area is 740 Å². The predicted octanol–water partition coefficient (Wildman–Crippen LogP) is 26.5. The number of rotatable bonds is 0. The number of carbonyl (C=O) groups is 3. The number of pyridine rings is 1. The van der Waals surface area contributed by atoms with E-state index in [0.717, 1.165) is 75.0 Å². The highest BCUT2D eigenvalue weighted by atomic mass is 16.2. The van der Waals surface area contributed by atoms with E-state index in [9.17, 15) is 24.0 Å². The molecule has 7 rings (SSSR count). The Morgan fingerprint density at radius 3 is 1.10 bits per heavy atom. The standard InChI is InChI=1S/C16H29NO.C15H26N2O.C15H27NO.C15H25NO.C15H29N.C15H27N.C14H24N2O.CH4/c1-11-9-10-12(18)13(15(2,3)4)14(17(11)8)16(5,6)7;1-10-9-17(8)13(18)11(14(2,3)4)12(16-10)15(5,6)7;2*1-10-9-11(17)12(14(2,3)4)13(16(10)8)15(5,6)7;2*1-11-9-10-12(14(2,3)4)13(16(11)8)15(5,6)7;1-9-15-11(14(5,6)7)10(13(2,3)4)12(17)16(9)8;/h11H,9-10H2,1-8H3;9H2,1-8H3;10H,9H2,1-8H3;9H,1-8H3;11H,9-10H2,1-8H3;9H,10H2,1-8H3;1-8H3;1H4. The van der Waals surface area contributed by atoms with Crippen LogP contribution < -0.4 is 11.0 Å². The monoisotopic (exact) mass is 1670 g/mol. The molecule has 120 heavy (non-hydrogen) atoms. The van der Waals surface area contributed by atoms with Crippen LogP contribution in [0.3, 0.4) is 0 Å². The zero-order valence-electron chi connectivity index (χ0n) is 88.4. The molecule has 2 aromatic heterocycles. The van der Waals surface area contributed by atoms with E-state index in [1.165, 1.54) is 35.6 Å². The van der Waals surface area contributed by atoms with Crippen molar-refractivity contribution in [2.75, 3.05) is 41.8 Å². The summed E-state index contributed by atoms with van der Waals surface area (Å²) in [6.45, 7) is 107. The third kappa shape index (κ3) is 30.4. The Balaban J connectivity index is 0.00000138. The summed E-state index contributed by atoms with van der Waals surface area (Å²) in [7, 11) is 14.4. The second kappa shape index (κ2) is 40.1. The van der Waals surface area contributed by atoms with Gasteiger partial charge in [-0.1, -0.05) is 304 Å². The zero-order valence-corrected chi connectivity index (χ0v) is 88.4. The van der Waals surface area contributed by atoms with Crippen LogP contribution in [0, 0.1) is 68.0 Å².